The zero-order valence-corrected chi connectivity index (χ0v) is 20.9. The van der Waals surface area contributed by atoms with Crippen LogP contribution in [0, 0.1) is 41.4 Å². The van der Waals surface area contributed by atoms with Crippen LogP contribution < -0.4 is 0 Å². The molecule has 4 aliphatic rings. The molecule has 0 aromatic rings. The largest absolute Gasteiger partial charge is 0.0683 e. The van der Waals surface area contributed by atoms with Crippen LogP contribution in [-0.4, -0.2) is 0 Å². The van der Waals surface area contributed by atoms with Gasteiger partial charge >= 0.3 is 0 Å². The zero-order chi connectivity index (χ0) is 20.9. The fraction of sp³-hybridized carbons (Fsp3) is 1.00. The Balaban J connectivity index is 0.000000377. The van der Waals surface area contributed by atoms with E-state index >= 15 is 0 Å². The predicted octanol–water partition coefficient (Wildman–Crippen LogP) is 9.91. The second kappa shape index (κ2) is 14.9. The second-order valence-corrected chi connectivity index (χ2v) is 10.1. The molecule has 0 radical (unpaired) electrons. The Morgan fingerprint density at radius 2 is 0.929 bits per heavy atom. The summed E-state index contributed by atoms with van der Waals surface area (Å²) in [4.78, 5) is 0. The summed E-state index contributed by atoms with van der Waals surface area (Å²) in [5.74, 6) is 7.82. The van der Waals surface area contributed by atoms with Crippen molar-refractivity contribution in [2.75, 3.05) is 0 Å². The summed E-state index contributed by atoms with van der Waals surface area (Å²) in [6.07, 6.45) is 21.9. The van der Waals surface area contributed by atoms with Gasteiger partial charge in [0.15, 0.2) is 0 Å². The molecule has 168 valence electrons. The second-order valence-electron chi connectivity index (χ2n) is 10.1. The van der Waals surface area contributed by atoms with Crippen molar-refractivity contribution in [2.24, 2.45) is 41.4 Å². The van der Waals surface area contributed by atoms with Gasteiger partial charge in [0.05, 0.1) is 0 Å². The summed E-state index contributed by atoms with van der Waals surface area (Å²) >= 11 is 0. The molecule has 4 rings (SSSR count). The van der Waals surface area contributed by atoms with Crippen LogP contribution >= 0.6 is 0 Å². The fourth-order valence-electron chi connectivity index (χ4n) is 6.69. The normalized spacial score (nSPS) is 36.0. The quantitative estimate of drug-likeness (QED) is 0.448. The highest BCUT2D eigenvalue weighted by atomic mass is 14.5. The Bertz CT molecular complexity index is 327. The maximum Gasteiger partial charge on any atom is -0.0357 e. The first-order valence-corrected chi connectivity index (χ1v) is 13.7. The van der Waals surface area contributed by atoms with Gasteiger partial charge in [-0.2, -0.15) is 0 Å². The van der Waals surface area contributed by atoms with E-state index in [0.717, 1.165) is 41.4 Å². The standard InChI is InChI=1S/C19H32.C5H12.2C2H6/c1-3-7-18-14(5-1)9-11-16(18)13-17-12-10-15-6-2-4-8-19(15)17;1-4-5(2)3;2*1-2/h14-19H,1-13H2;5H,4H2,1-3H3;2*1-2H3. The van der Waals surface area contributed by atoms with Crippen LogP contribution in [0.15, 0.2) is 0 Å². The molecule has 0 aliphatic heterocycles. The van der Waals surface area contributed by atoms with Crippen LogP contribution in [-0.2, 0) is 0 Å². The van der Waals surface area contributed by atoms with E-state index in [2.05, 4.69) is 20.8 Å². The van der Waals surface area contributed by atoms with E-state index in [-0.39, 0.29) is 0 Å². The minimum Gasteiger partial charge on any atom is -0.0683 e. The summed E-state index contributed by atoms with van der Waals surface area (Å²) in [6, 6.07) is 0. The topological polar surface area (TPSA) is 0 Å². The highest BCUT2D eigenvalue weighted by Gasteiger charge is 2.42. The molecule has 6 atom stereocenters. The van der Waals surface area contributed by atoms with Crippen molar-refractivity contribution < 1.29 is 0 Å². The number of hydrogen-bond acceptors (Lipinski definition) is 0. The minimum absolute atomic E-state index is 0.884. The number of fused-ring (bicyclic) bond motifs is 2. The lowest BCUT2D eigenvalue weighted by atomic mass is 9.72. The molecule has 0 amide bonds. The molecule has 0 nitrogen and oxygen atoms in total. The zero-order valence-electron chi connectivity index (χ0n) is 20.9. The van der Waals surface area contributed by atoms with Gasteiger partial charge in [-0.15, -0.1) is 0 Å². The Hall–Kier alpha value is 0. The monoisotopic (exact) mass is 392 g/mol. The molecule has 0 aromatic carbocycles. The lowest BCUT2D eigenvalue weighted by Gasteiger charge is -2.34. The SMILES string of the molecule is C1CCC2C(C1)CCC2CC1CCC2CCCCC21.CC.CC.CCC(C)C. The van der Waals surface area contributed by atoms with Crippen molar-refractivity contribution in [2.45, 2.75) is 138 Å². The first kappa shape index (κ1) is 26.0. The number of hydrogen-bond donors (Lipinski definition) is 0. The summed E-state index contributed by atoms with van der Waals surface area (Å²) in [5, 5.41) is 0. The van der Waals surface area contributed by atoms with Crippen LogP contribution in [0.2, 0.25) is 0 Å². The van der Waals surface area contributed by atoms with Crippen molar-refractivity contribution in [3.8, 4) is 0 Å². The summed E-state index contributed by atoms with van der Waals surface area (Å²) in [5.41, 5.74) is 0. The third kappa shape index (κ3) is 7.68. The molecule has 0 saturated heterocycles. The third-order valence-corrected chi connectivity index (χ3v) is 8.39. The lowest BCUT2D eigenvalue weighted by Crippen LogP contribution is -2.24. The highest BCUT2D eigenvalue weighted by Crippen LogP contribution is 2.53. The molecule has 0 aromatic heterocycles. The summed E-state index contributed by atoms with van der Waals surface area (Å²) in [6.45, 7) is 14.6. The Kier molecular flexibility index (Phi) is 13.9. The van der Waals surface area contributed by atoms with E-state index in [4.69, 9.17) is 0 Å². The highest BCUT2D eigenvalue weighted by molar-refractivity contribution is 4.93. The van der Waals surface area contributed by atoms with Crippen molar-refractivity contribution in [3.63, 3.8) is 0 Å². The van der Waals surface area contributed by atoms with E-state index in [9.17, 15) is 0 Å². The molecule has 0 N–H and O–H groups in total. The van der Waals surface area contributed by atoms with Crippen molar-refractivity contribution in [1.82, 2.24) is 0 Å². The molecule has 0 heteroatoms. The Morgan fingerprint density at radius 1 is 0.571 bits per heavy atom. The van der Waals surface area contributed by atoms with Gasteiger partial charge in [-0.3, -0.25) is 0 Å². The smallest absolute Gasteiger partial charge is 0.0357 e. The summed E-state index contributed by atoms with van der Waals surface area (Å²) < 4.78 is 0. The van der Waals surface area contributed by atoms with Gasteiger partial charge in [0, 0.05) is 0 Å². The minimum atomic E-state index is 0.884. The summed E-state index contributed by atoms with van der Waals surface area (Å²) in [7, 11) is 0. The average molecular weight is 393 g/mol. The van der Waals surface area contributed by atoms with Gasteiger partial charge in [-0.05, 0) is 86.4 Å². The molecule has 4 fully saturated rings. The third-order valence-electron chi connectivity index (χ3n) is 8.39. The molecule has 4 aliphatic carbocycles. The van der Waals surface area contributed by atoms with Gasteiger partial charge in [-0.1, -0.05) is 93.4 Å². The van der Waals surface area contributed by atoms with E-state index in [1.807, 2.05) is 27.7 Å². The molecule has 6 unspecified atom stereocenters. The van der Waals surface area contributed by atoms with Crippen LogP contribution in [0.1, 0.15) is 138 Å². The van der Waals surface area contributed by atoms with Crippen molar-refractivity contribution in [1.29, 1.82) is 0 Å². The molecular formula is C28H56. The van der Waals surface area contributed by atoms with E-state index in [1.165, 1.54) is 6.42 Å². The lowest BCUT2D eigenvalue weighted by molar-refractivity contribution is 0.164. The molecule has 28 heavy (non-hydrogen) atoms. The molecule has 0 bridgehead atoms. The van der Waals surface area contributed by atoms with E-state index < -0.39 is 0 Å². The van der Waals surface area contributed by atoms with Crippen LogP contribution in [0.3, 0.4) is 0 Å². The molecule has 0 spiro atoms. The molecule has 0 heterocycles. The van der Waals surface area contributed by atoms with Gasteiger partial charge in [-0.25, -0.2) is 0 Å². The Morgan fingerprint density at radius 3 is 1.29 bits per heavy atom. The van der Waals surface area contributed by atoms with Gasteiger partial charge in [0.2, 0.25) is 0 Å². The van der Waals surface area contributed by atoms with Gasteiger partial charge in [0.25, 0.3) is 0 Å². The predicted molar refractivity (Wildman–Crippen MR) is 129 cm³/mol. The molecular weight excluding hydrogens is 336 g/mol. The van der Waals surface area contributed by atoms with E-state index in [0.29, 0.717) is 0 Å². The first-order valence-electron chi connectivity index (χ1n) is 13.7. The maximum atomic E-state index is 2.22. The van der Waals surface area contributed by atoms with Gasteiger partial charge < -0.3 is 0 Å². The van der Waals surface area contributed by atoms with E-state index in [1.54, 1.807) is 83.5 Å². The van der Waals surface area contributed by atoms with Crippen LogP contribution in [0.5, 0.6) is 0 Å². The van der Waals surface area contributed by atoms with Crippen molar-refractivity contribution in [3.05, 3.63) is 0 Å². The van der Waals surface area contributed by atoms with Crippen LogP contribution in [0.4, 0.5) is 0 Å². The maximum absolute atomic E-state index is 2.22. The molecule has 4 saturated carbocycles. The fourth-order valence-corrected chi connectivity index (χ4v) is 6.69. The first-order chi connectivity index (χ1) is 13.7. The average Bonchev–Trinajstić information content (AvgIpc) is 3.36. The van der Waals surface area contributed by atoms with Crippen LogP contribution in [0.25, 0.3) is 0 Å². The van der Waals surface area contributed by atoms with Gasteiger partial charge in [0.1, 0.15) is 0 Å². The number of rotatable bonds is 3. The van der Waals surface area contributed by atoms with Crippen molar-refractivity contribution >= 4 is 0 Å². The Labute approximate surface area is 180 Å².